The molecule has 2 unspecified atom stereocenters. The molecule has 2 aliphatic heterocycles. The fourth-order valence-corrected chi connectivity index (χ4v) is 6.27. The molecule has 8 heteroatoms. The predicted octanol–water partition coefficient (Wildman–Crippen LogP) is 2.43. The van der Waals surface area contributed by atoms with E-state index in [0.29, 0.717) is 18.6 Å². The van der Waals surface area contributed by atoms with Gasteiger partial charge in [0.1, 0.15) is 5.75 Å². The molecule has 2 bridgehead atoms. The van der Waals surface area contributed by atoms with Gasteiger partial charge in [0.25, 0.3) is 0 Å². The van der Waals surface area contributed by atoms with Crippen molar-refractivity contribution < 1.29 is 22.7 Å². The number of ether oxygens (including phenoxy) is 1. The molecule has 27 heavy (non-hydrogen) atoms. The van der Waals surface area contributed by atoms with Crippen LogP contribution in [-0.4, -0.2) is 42.0 Å². The fourth-order valence-electron chi connectivity index (χ4n) is 4.40. The Kier molecular flexibility index (Phi) is 4.44. The van der Waals surface area contributed by atoms with Crippen LogP contribution in [0, 0.1) is 5.95 Å². The molecule has 0 amide bonds. The van der Waals surface area contributed by atoms with E-state index in [1.54, 1.807) is 18.2 Å². The number of benzene rings is 1. The summed E-state index contributed by atoms with van der Waals surface area (Å²) in [4.78, 5) is 3.82. The topological polar surface area (TPSA) is 79.7 Å². The number of hydrogen-bond acceptors (Lipinski definition) is 5. The summed E-state index contributed by atoms with van der Waals surface area (Å²) in [7, 11) is -2.19. The minimum absolute atomic E-state index is 0.142. The third kappa shape index (κ3) is 3.01. The van der Waals surface area contributed by atoms with Gasteiger partial charge in [-0.05, 0) is 56.0 Å². The van der Waals surface area contributed by atoms with E-state index in [4.69, 9.17) is 4.74 Å². The van der Waals surface area contributed by atoms with Crippen molar-refractivity contribution in [3.8, 4) is 5.75 Å². The number of pyridine rings is 1. The van der Waals surface area contributed by atoms with E-state index in [9.17, 15) is 17.9 Å². The monoisotopic (exact) mass is 392 g/mol. The van der Waals surface area contributed by atoms with Crippen LogP contribution in [0.5, 0.6) is 5.75 Å². The Bertz CT molecular complexity index is 934. The van der Waals surface area contributed by atoms with Gasteiger partial charge < -0.3 is 9.84 Å². The largest absolute Gasteiger partial charge is 0.497 e. The predicted molar refractivity (Wildman–Crippen MR) is 96.2 cm³/mol. The van der Waals surface area contributed by atoms with Crippen LogP contribution in [-0.2, 0) is 15.6 Å². The van der Waals surface area contributed by atoms with Gasteiger partial charge in [0.15, 0.2) is 0 Å². The highest BCUT2D eigenvalue weighted by molar-refractivity contribution is 7.89. The van der Waals surface area contributed by atoms with Gasteiger partial charge in [-0.3, -0.25) is 0 Å². The van der Waals surface area contributed by atoms with E-state index in [1.165, 1.54) is 35.8 Å². The average molecular weight is 392 g/mol. The number of methoxy groups -OCH3 is 1. The number of rotatable bonds is 4. The Balaban J connectivity index is 1.65. The Morgan fingerprint density at radius 2 is 1.81 bits per heavy atom. The van der Waals surface area contributed by atoms with E-state index in [2.05, 4.69) is 4.98 Å². The van der Waals surface area contributed by atoms with E-state index < -0.39 is 21.6 Å². The minimum atomic E-state index is -3.71. The van der Waals surface area contributed by atoms with Crippen molar-refractivity contribution in [3.05, 3.63) is 54.1 Å². The number of nitrogens with zero attached hydrogens (tertiary/aromatic N) is 2. The molecule has 2 fully saturated rings. The summed E-state index contributed by atoms with van der Waals surface area (Å²) in [6.07, 6.45) is 2.93. The smallest absolute Gasteiger partial charge is 0.243 e. The summed E-state index contributed by atoms with van der Waals surface area (Å²) in [5, 5.41) is 11.1. The first-order chi connectivity index (χ1) is 12.8. The van der Waals surface area contributed by atoms with Crippen molar-refractivity contribution in [2.24, 2.45) is 0 Å². The Hall–Kier alpha value is -2.03. The van der Waals surface area contributed by atoms with Crippen molar-refractivity contribution in [1.82, 2.24) is 9.29 Å². The first-order valence-electron chi connectivity index (χ1n) is 8.86. The molecular formula is C19H21FN2O4S. The van der Waals surface area contributed by atoms with Crippen molar-refractivity contribution in [1.29, 1.82) is 0 Å². The summed E-state index contributed by atoms with van der Waals surface area (Å²) in [6, 6.07) is 8.62. The lowest BCUT2D eigenvalue weighted by Crippen LogP contribution is -2.52. The van der Waals surface area contributed by atoms with Gasteiger partial charge in [-0.15, -0.1) is 0 Å². The third-order valence-corrected chi connectivity index (χ3v) is 7.61. The van der Waals surface area contributed by atoms with Crippen LogP contribution in [0.2, 0.25) is 0 Å². The van der Waals surface area contributed by atoms with Gasteiger partial charge >= 0.3 is 0 Å². The number of sulfonamides is 1. The molecule has 0 aliphatic carbocycles. The summed E-state index contributed by atoms with van der Waals surface area (Å²) in [5.74, 6) is -0.122. The zero-order valence-electron chi connectivity index (χ0n) is 14.9. The van der Waals surface area contributed by atoms with E-state index in [0.717, 1.165) is 0 Å². The Morgan fingerprint density at radius 3 is 2.37 bits per heavy atom. The normalized spacial score (nSPS) is 28.3. The molecule has 0 radical (unpaired) electrons. The molecule has 1 aromatic carbocycles. The molecule has 2 saturated heterocycles. The lowest BCUT2D eigenvalue weighted by Gasteiger charge is -2.43. The second-order valence-electron chi connectivity index (χ2n) is 7.18. The maximum Gasteiger partial charge on any atom is 0.243 e. The molecule has 0 spiro atoms. The number of halogens is 1. The molecule has 3 heterocycles. The fraction of sp³-hybridized carbons (Fsp3) is 0.421. The van der Waals surface area contributed by atoms with Crippen molar-refractivity contribution in [2.75, 3.05) is 7.11 Å². The highest BCUT2D eigenvalue weighted by Gasteiger charge is 2.53. The maximum absolute atomic E-state index is 14.1. The van der Waals surface area contributed by atoms with E-state index >= 15 is 0 Å². The van der Waals surface area contributed by atoms with E-state index in [1.807, 2.05) is 0 Å². The molecule has 1 aromatic heterocycles. The zero-order chi connectivity index (χ0) is 19.2. The van der Waals surface area contributed by atoms with E-state index in [-0.39, 0.29) is 35.4 Å². The standard InChI is InChI=1S/C19H21FN2O4S/c1-26-15-6-8-16(9-7-15)27(24,25)22-13-4-5-14(22)12-19(23,11-13)17-3-2-10-21-18(17)20/h2-3,6-10,13-14,23H,4-5,11-12H2,1H3. The quantitative estimate of drug-likeness (QED) is 0.809. The summed E-state index contributed by atoms with van der Waals surface area (Å²) in [6.45, 7) is 0. The molecule has 2 aliphatic rings. The van der Waals surface area contributed by atoms with Crippen LogP contribution in [0.4, 0.5) is 4.39 Å². The number of hydrogen-bond donors (Lipinski definition) is 1. The van der Waals surface area contributed by atoms with Crippen LogP contribution in [0.3, 0.4) is 0 Å². The van der Waals surface area contributed by atoms with Gasteiger partial charge in [0.05, 0.1) is 17.6 Å². The molecule has 0 saturated carbocycles. The van der Waals surface area contributed by atoms with Gasteiger partial charge in [-0.25, -0.2) is 13.4 Å². The molecule has 2 atom stereocenters. The van der Waals surface area contributed by atoms with Crippen LogP contribution in [0.1, 0.15) is 31.2 Å². The molecule has 1 N–H and O–H groups in total. The van der Waals surface area contributed by atoms with Gasteiger partial charge in [-0.1, -0.05) is 6.07 Å². The Labute approximate surface area is 157 Å². The maximum atomic E-state index is 14.1. The lowest BCUT2D eigenvalue weighted by molar-refractivity contribution is -0.0370. The minimum Gasteiger partial charge on any atom is -0.497 e. The van der Waals surface area contributed by atoms with Crippen LogP contribution < -0.4 is 4.74 Å². The van der Waals surface area contributed by atoms with Crippen LogP contribution in [0.15, 0.2) is 47.5 Å². The molecular weight excluding hydrogens is 371 g/mol. The second kappa shape index (κ2) is 6.54. The van der Waals surface area contributed by atoms with Crippen molar-refractivity contribution in [3.63, 3.8) is 0 Å². The number of piperidine rings is 1. The lowest BCUT2D eigenvalue weighted by atomic mass is 9.82. The first-order valence-corrected chi connectivity index (χ1v) is 10.3. The van der Waals surface area contributed by atoms with Crippen LogP contribution >= 0.6 is 0 Å². The van der Waals surface area contributed by atoms with Crippen molar-refractivity contribution >= 4 is 10.0 Å². The van der Waals surface area contributed by atoms with Gasteiger partial charge in [-0.2, -0.15) is 8.70 Å². The molecule has 4 rings (SSSR count). The number of aliphatic hydroxyl groups is 1. The number of fused-ring (bicyclic) bond motifs is 2. The highest BCUT2D eigenvalue weighted by Crippen LogP contribution is 2.48. The highest BCUT2D eigenvalue weighted by atomic mass is 32.2. The molecule has 144 valence electrons. The molecule has 2 aromatic rings. The van der Waals surface area contributed by atoms with Gasteiger partial charge in [0, 0.05) is 23.8 Å². The second-order valence-corrected chi connectivity index (χ2v) is 9.02. The average Bonchev–Trinajstić information content (AvgIpc) is 2.95. The Morgan fingerprint density at radius 1 is 1.19 bits per heavy atom. The SMILES string of the molecule is COc1ccc(S(=O)(=O)N2C3CCC2CC(O)(c2cccnc2F)C3)cc1. The third-order valence-electron chi connectivity index (χ3n) is 5.59. The number of aromatic nitrogens is 1. The van der Waals surface area contributed by atoms with Crippen LogP contribution in [0.25, 0.3) is 0 Å². The van der Waals surface area contributed by atoms with Gasteiger partial charge in [0.2, 0.25) is 16.0 Å². The summed E-state index contributed by atoms with van der Waals surface area (Å²) in [5.41, 5.74) is -1.26. The molecule has 6 nitrogen and oxygen atoms in total. The first kappa shape index (κ1) is 18.3. The van der Waals surface area contributed by atoms with Crippen molar-refractivity contribution in [2.45, 2.75) is 48.3 Å². The summed E-state index contributed by atoms with van der Waals surface area (Å²) >= 11 is 0. The summed E-state index contributed by atoms with van der Waals surface area (Å²) < 4.78 is 47.1. The zero-order valence-corrected chi connectivity index (χ0v) is 15.7.